The average molecular weight is 301 g/mol. The third kappa shape index (κ3) is 4.86. The molecule has 0 aromatic carbocycles. The summed E-state index contributed by atoms with van der Waals surface area (Å²) in [5.41, 5.74) is 1.87. The van der Waals surface area contributed by atoms with E-state index in [1.165, 1.54) is 31.1 Å². The Hall–Kier alpha value is -0.900. The molecule has 4 heteroatoms. The SMILES string of the molecule is C/C(NCCCCCBr)=C1\C=C(F)C=CC1=N. The molecule has 0 heterocycles. The quantitative estimate of drug-likeness (QED) is 0.567. The highest BCUT2D eigenvalue weighted by Gasteiger charge is 2.09. The predicted octanol–water partition coefficient (Wildman–Crippen LogP) is 3.86. The van der Waals surface area contributed by atoms with Crippen molar-refractivity contribution < 1.29 is 4.39 Å². The van der Waals surface area contributed by atoms with Gasteiger partial charge >= 0.3 is 0 Å². The molecule has 0 saturated carbocycles. The lowest BCUT2D eigenvalue weighted by molar-refractivity contribution is 0.660. The monoisotopic (exact) mass is 300 g/mol. The summed E-state index contributed by atoms with van der Waals surface area (Å²) in [5.74, 6) is -0.295. The fraction of sp³-hybridized carbons (Fsp3) is 0.462. The molecule has 17 heavy (non-hydrogen) atoms. The van der Waals surface area contributed by atoms with Crippen LogP contribution in [0.25, 0.3) is 0 Å². The molecular weight excluding hydrogens is 283 g/mol. The molecule has 0 atom stereocenters. The Morgan fingerprint density at radius 2 is 2.12 bits per heavy atom. The van der Waals surface area contributed by atoms with Gasteiger partial charge in [-0.1, -0.05) is 22.4 Å². The predicted molar refractivity (Wildman–Crippen MR) is 74.4 cm³/mol. The molecule has 1 aliphatic rings. The number of hydrogen-bond acceptors (Lipinski definition) is 2. The molecule has 0 saturated heterocycles. The molecule has 0 radical (unpaired) electrons. The van der Waals surface area contributed by atoms with Crippen molar-refractivity contribution in [1.82, 2.24) is 5.32 Å². The molecule has 1 rings (SSSR count). The van der Waals surface area contributed by atoms with Crippen LogP contribution in [-0.2, 0) is 0 Å². The van der Waals surface area contributed by atoms with Crippen LogP contribution in [0.1, 0.15) is 26.2 Å². The van der Waals surface area contributed by atoms with E-state index in [0.29, 0.717) is 11.3 Å². The van der Waals surface area contributed by atoms with E-state index in [1.807, 2.05) is 6.92 Å². The standard InChI is InChI=1S/C13H18BrFN2/c1-10(17-8-4-2-3-7-14)12-9-11(15)5-6-13(12)16/h5-6,9,16-17H,2-4,7-8H2,1H3/b12-10-,16-13?. The van der Waals surface area contributed by atoms with E-state index >= 15 is 0 Å². The van der Waals surface area contributed by atoms with Crippen LogP contribution in [0, 0.1) is 5.41 Å². The van der Waals surface area contributed by atoms with Crippen LogP contribution in [0.4, 0.5) is 4.39 Å². The van der Waals surface area contributed by atoms with Crippen LogP contribution >= 0.6 is 15.9 Å². The lowest BCUT2D eigenvalue weighted by atomic mass is 10.0. The zero-order chi connectivity index (χ0) is 12.7. The minimum atomic E-state index is -0.295. The van der Waals surface area contributed by atoms with Crippen LogP contribution in [0.2, 0.25) is 0 Å². The van der Waals surface area contributed by atoms with Gasteiger partial charge in [-0.05, 0) is 38.0 Å². The zero-order valence-electron chi connectivity index (χ0n) is 10.0. The van der Waals surface area contributed by atoms with Crippen molar-refractivity contribution in [3.63, 3.8) is 0 Å². The van der Waals surface area contributed by atoms with Gasteiger partial charge < -0.3 is 10.7 Å². The Labute approximate surface area is 110 Å². The third-order valence-corrected chi connectivity index (χ3v) is 3.15. The fourth-order valence-corrected chi connectivity index (χ4v) is 1.99. The summed E-state index contributed by atoms with van der Waals surface area (Å²) in [6, 6.07) is 0. The van der Waals surface area contributed by atoms with Crippen molar-refractivity contribution in [2.45, 2.75) is 26.2 Å². The molecule has 2 N–H and O–H groups in total. The first-order chi connectivity index (χ1) is 8.15. The molecule has 0 unspecified atom stereocenters. The maximum Gasteiger partial charge on any atom is 0.124 e. The topological polar surface area (TPSA) is 35.9 Å². The fourth-order valence-electron chi connectivity index (χ4n) is 1.59. The van der Waals surface area contributed by atoms with Crippen LogP contribution < -0.4 is 5.32 Å². The van der Waals surface area contributed by atoms with Crippen molar-refractivity contribution in [1.29, 1.82) is 5.41 Å². The van der Waals surface area contributed by atoms with Crippen LogP contribution in [0.3, 0.4) is 0 Å². The van der Waals surface area contributed by atoms with Gasteiger partial charge in [0.05, 0.1) is 5.71 Å². The minimum absolute atomic E-state index is 0.295. The van der Waals surface area contributed by atoms with E-state index in [9.17, 15) is 4.39 Å². The second kappa shape index (κ2) is 7.43. The lowest BCUT2D eigenvalue weighted by Gasteiger charge is -2.13. The normalized spacial score (nSPS) is 18.1. The Morgan fingerprint density at radius 3 is 2.82 bits per heavy atom. The number of rotatable bonds is 6. The van der Waals surface area contributed by atoms with Gasteiger partial charge in [-0.3, -0.25) is 0 Å². The molecule has 1 aliphatic carbocycles. The number of halogens is 2. The molecule has 2 nitrogen and oxygen atoms in total. The third-order valence-electron chi connectivity index (χ3n) is 2.59. The molecule has 0 amide bonds. The van der Waals surface area contributed by atoms with Crippen LogP contribution in [-0.4, -0.2) is 17.6 Å². The summed E-state index contributed by atoms with van der Waals surface area (Å²) in [5, 5.41) is 12.0. The molecule has 0 aromatic heterocycles. The van der Waals surface area contributed by atoms with Gasteiger partial charge in [0, 0.05) is 23.1 Å². The molecule has 0 spiro atoms. The number of allylic oxidation sites excluding steroid dienone is 6. The molecule has 0 bridgehead atoms. The Balaban J connectivity index is 2.47. The maximum atomic E-state index is 13.1. The van der Waals surface area contributed by atoms with Gasteiger partial charge in [0.2, 0.25) is 0 Å². The van der Waals surface area contributed by atoms with Gasteiger partial charge in [0.1, 0.15) is 5.83 Å². The molecule has 0 aromatic rings. The summed E-state index contributed by atoms with van der Waals surface area (Å²) in [7, 11) is 0. The highest BCUT2D eigenvalue weighted by atomic mass is 79.9. The second-order valence-electron chi connectivity index (χ2n) is 3.99. The van der Waals surface area contributed by atoms with Crippen molar-refractivity contribution in [2.75, 3.05) is 11.9 Å². The Kier molecular flexibility index (Phi) is 6.19. The first-order valence-corrected chi connectivity index (χ1v) is 6.92. The minimum Gasteiger partial charge on any atom is -0.388 e. The van der Waals surface area contributed by atoms with E-state index in [0.717, 1.165) is 24.0 Å². The van der Waals surface area contributed by atoms with Crippen molar-refractivity contribution in [3.05, 3.63) is 35.3 Å². The van der Waals surface area contributed by atoms with E-state index in [1.54, 1.807) is 0 Å². The average Bonchev–Trinajstić information content (AvgIpc) is 2.32. The van der Waals surface area contributed by atoms with E-state index in [2.05, 4.69) is 21.2 Å². The highest BCUT2D eigenvalue weighted by molar-refractivity contribution is 9.09. The molecule has 0 aliphatic heterocycles. The van der Waals surface area contributed by atoms with E-state index < -0.39 is 0 Å². The summed E-state index contributed by atoms with van der Waals surface area (Å²) in [4.78, 5) is 0. The molecular formula is C13H18BrFN2. The lowest BCUT2D eigenvalue weighted by Crippen LogP contribution is -2.17. The molecule has 94 valence electrons. The van der Waals surface area contributed by atoms with Gasteiger partial charge in [-0.15, -0.1) is 0 Å². The largest absolute Gasteiger partial charge is 0.388 e. The number of alkyl halides is 1. The van der Waals surface area contributed by atoms with Crippen molar-refractivity contribution in [3.8, 4) is 0 Å². The molecule has 0 fully saturated rings. The van der Waals surface area contributed by atoms with Crippen LogP contribution in [0.5, 0.6) is 0 Å². The zero-order valence-corrected chi connectivity index (χ0v) is 11.6. The number of nitrogens with one attached hydrogen (secondary N) is 2. The smallest absolute Gasteiger partial charge is 0.124 e. The van der Waals surface area contributed by atoms with Gasteiger partial charge in [0.15, 0.2) is 0 Å². The Bertz CT molecular complexity index is 370. The van der Waals surface area contributed by atoms with Crippen LogP contribution in [0.15, 0.2) is 35.3 Å². The second-order valence-corrected chi connectivity index (χ2v) is 4.78. The summed E-state index contributed by atoms with van der Waals surface area (Å²) < 4.78 is 13.1. The van der Waals surface area contributed by atoms with Crippen molar-refractivity contribution in [2.24, 2.45) is 0 Å². The maximum absolute atomic E-state index is 13.1. The van der Waals surface area contributed by atoms with Gasteiger partial charge in [-0.2, -0.15) is 0 Å². The van der Waals surface area contributed by atoms with E-state index in [4.69, 9.17) is 5.41 Å². The highest BCUT2D eigenvalue weighted by Crippen LogP contribution is 2.16. The van der Waals surface area contributed by atoms with Gasteiger partial charge in [0.25, 0.3) is 0 Å². The number of hydrogen-bond donors (Lipinski definition) is 2. The summed E-state index contributed by atoms with van der Waals surface area (Å²) >= 11 is 3.39. The number of unbranched alkanes of at least 4 members (excludes halogenated alkanes) is 2. The first-order valence-electron chi connectivity index (χ1n) is 5.80. The summed E-state index contributed by atoms with van der Waals surface area (Å²) in [6.45, 7) is 2.76. The summed E-state index contributed by atoms with van der Waals surface area (Å²) in [6.07, 6.45) is 7.64. The first kappa shape index (κ1) is 14.2. The Morgan fingerprint density at radius 1 is 1.35 bits per heavy atom. The van der Waals surface area contributed by atoms with Gasteiger partial charge in [-0.25, -0.2) is 4.39 Å². The van der Waals surface area contributed by atoms with Crippen molar-refractivity contribution >= 4 is 21.6 Å². The van der Waals surface area contributed by atoms with E-state index in [-0.39, 0.29) is 5.83 Å².